The lowest BCUT2D eigenvalue weighted by atomic mass is 10.1. The number of rotatable bonds is 4. The van der Waals surface area contributed by atoms with E-state index in [1.165, 1.54) is 0 Å². The topological polar surface area (TPSA) is 51.3 Å². The lowest BCUT2D eigenvalue weighted by Gasteiger charge is -2.07. The SMILES string of the molecule is COc1cc(OC)cc(C(=O)c2ccc(C)[nH]2)c1. The molecule has 0 saturated carbocycles. The minimum atomic E-state index is -0.0831. The third kappa shape index (κ3) is 2.37. The van der Waals surface area contributed by atoms with E-state index in [1.54, 1.807) is 38.5 Å². The van der Waals surface area contributed by atoms with E-state index in [1.807, 2.05) is 13.0 Å². The molecule has 0 spiro atoms. The molecule has 1 aromatic carbocycles. The van der Waals surface area contributed by atoms with Crippen LogP contribution in [-0.4, -0.2) is 25.0 Å². The van der Waals surface area contributed by atoms with Crippen LogP contribution in [0.3, 0.4) is 0 Å². The van der Waals surface area contributed by atoms with Crippen molar-refractivity contribution in [1.82, 2.24) is 4.98 Å². The normalized spacial score (nSPS) is 10.2. The van der Waals surface area contributed by atoms with Gasteiger partial charge in [0, 0.05) is 17.3 Å². The highest BCUT2D eigenvalue weighted by Crippen LogP contribution is 2.24. The van der Waals surface area contributed by atoms with Crippen LogP contribution in [0.4, 0.5) is 0 Å². The smallest absolute Gasteiger partial charge is 0.209 e. The molecule has 2 aromatic rings. The van der Waals surface area contributed by atoms with Gasteiger partial charge in [0.2, 0.25) is 5.78 Å². The van der Waals surface area contributed by atoms with Crippen molar-refractivity contribution >= 4 is 5.78 Å². The number of carbonyl (C=O) groups excluding carboxylic acids is 1. The molecule has 0 atom stereocenters. The van der Waals surface area contributed by atoms with Crippen molar-refractivity contribution in [2.45, 2.75) is 6.92 Å². The molecule has 4 nitrogen and oxygen atoms in total. The van der Waals surface area contributed by atoms with E-state index < -0.39 is 0 Å². The first-order chi connectivity index (χ1) is 8.63. The molecule has 0 saturated heterocycles. The molecule has 18 heavy (non-hydrogen) atoms. The van der Waals surface area contributed by atoms with Crippen molar-refractivity contribution < 1.29 is 14.3 Å². The van der Waals surface area contributed by atoms with Crippen molar-refractivity contribution in [1.29, 1.82) is 0 Å². The molecule has 4 heteroatoms. The van der Waals surface area contributed by atoms with E-state index in [9.17, 15) is 4.79 Å². The number of nitrogens with one attached hydrogen (secondary N) is 1. The summed E-state index contributed by atoms with van der Waals surface area (Å²) >= 11 is 0. The first-order valence-corrected chi connectivity index (χ1v) is 5.57. The summed E-state index contributed by atoms with van der Waals surface area (Å²) in [5.41, 5.74) is 2.05. The molecule has 0 aliphatic carbocycles. The molecule has 0 aliphatic heterocycles. The number of hydrogen-bond acceptors (Lipinski definition) is 3. The number of H-pyrrole nitrogens is 1. The number of benzene rings is 1. The second kappa shape index (κ2) is 4.96. The second-order valence-electron chi connectivity index (χ2n) is 3.99. The molecule has 94 valence electrons. The van der Waals surface area contributed by atoms with Crippen molar-refractivity contribution in [3.63, 3.8) is 0 Å². The van der Waals surface area contributed by atoms with Crippen molar-refractivity contribution in [2.75, 3.05) is 14.2 Å². The van der Waals surface area contributed by atoms with Gasteiger partial charge in [0.05, 0.1) is 19.9 Å². The Balaban J connectivity index is 2.40. The van der Waals surface area contributed by atoms with Gasteiger partial charge in [0.15, 0.2) is 0 Å². The molecule has 0 bridgehead atoms. The molecule has 0 fully saturated rings. The summed E-state index contributed by atoms with van der Waals surface area (Å²) in [6.07, 6.45) is 0. The zero-order chi connectivity index (χ0) is 13.1. The third-order valence-corrected chi connectivity index (χ3v) is 2.69. The zero-order valence-corrected chi connectivity index (χ0v) is 10.6. The predicted octanol–water partition coefficient (Wildman–Crippen LogP) is 2.57. The van der Waals surface area contributed by atoms with Gasteiger partial charge in [-0.3, -0.25) is 4.79 Å². The first-order valence-electron chi connectivity index (χ1n) is 5.57. The first kappa shape index (κ1) is 12.2. The Kier molecular flexibility index (Phi) is 3.37. The number of aryl methyl sites for hydroxylation is 1. The average Bonchev–Trinajstić information content (AvgIpc) is 2.83. The molecule has 1 heterocycles. The molecule has 1 aromatic heterocycles. The fourth-order valence-electron chi connectivity index (χ4n) is 1.73. The Morgan fingerprint density at radius 2 is 1.67 bits per heavy atom. The third-order valence-electron chi connectivity index (χ3n) is 2.69. The number of aromatic amines is 1. The highest BCUT2D eigenvalue weighted by molar-refractivity contribution is 6.08. The van der Waals surface area contributed by atoms with Gasteiger partial charge in [-0.15, -0.1) is 0 Å². The largest absolute Gasteiger partial charge is 0.497 e. The highest BCUT2D eigenvalue weighted by atomic mass is 16.5. The van der Waals surface area contributed by atoms with E-state index in [0.29, 0.717) is 22.8 Å². The van der Waals surface area contributed by atoms with Crippen LogP contribution >= 0.6 is 0 Å². The molecule has 1 N–H and O–H groups in total. The van der Waals surface area contributed by atoms with Gasteiger partial charge >= 0.3 is 0 Å². The van der Waals surface area contributed by atoms with Crippen LogP contribution in [0.2, 0.25) is 0 Å². The molecule has 0 aliphatic rings. The van der Waals surface area contributed by atoms with E-state index in [-0.39, 0.29) is 5.78 Å². The van der Waals surface area contributed by atoms with Gasteiger partial charge in [-0.25, -0.2) is 0 Å². The highest BCUT2D eigenvalue weighted by Gasteiger charge is 2.13. The molecule has 0 radical (unpaired) electrons. The van der Waals surface area contributed by atoms with Crippen LogP contribution in [0.25, 0.3) is 0 Å². The Hall–Kier alpha value is -2.23. The molecular weight excluding hydrogens is 230 g/mol. The summed E-state index contributed by atoms with van der Waals surface area (Å²) in [6.45, 7) is 1.91. The Morgan fingerprint density at radius 3 is 2.11 bits per heavy atom. The summed E-state index contributed by atoms with van der Waals surface area (Å²) in [5, 5.41) is 0. The molecular formula is C14H15NO3. The Labute approximate surface area is 106 Å². The fraction of sp³-hybridized carbons (Fsp3) is 0.214. The second-order valence-corrected chi connectivity index (χ2v) is 3.99. The molecule has 0 unspecified atom stereocenters. The van der Waals surface area contributed by atoms with E-state index >= 15 is 0 Å². The van der Waals surface area contributed by atoms with Gasteiger partial charge < -0.3 is 14.5 Å². The van der Waals surface area contributed by atoms with E-state index in [0.717, 1.165) is 5.69 Å². The van der Waals surface area contributed by atoms with Gasteiger partial charge in [-0.05, 0) is 31.2 Å². The van der Waals surface area contributed by atoms with Gasteiger partial charge in [0.1, 0.15) is 11.5 Å². The maximum absolute atomic E-state index is 12.3. The summed E-state index contributed by atoms with van der Waals surface area (Å²) in [4.78, 5) is 15.3. The fourth-order valence-corrected chi connectivity index (χ4v) is 1.73. The number of methoxy groups -OCH3 is 2. The summed E-state index contributed by atoms with van der Waals surface area (Å²) < 4.78 is 10.3. The number of hydrogen-bond donors (Lipinski definition) is 1. The lowest BCUT2D eigenvalue weighted by molar-refractivity contribution is 0.103. The zero-order valence-electron chi connectivity index (χ0n) is 10.6. The van der Waals surface area contributed by atoms with E-state index in [2.05, 4.69) is 4.98 Å². The number of carbonyl (C=O) groups is 1. The number of aromatic nitrogens is 1. The number of ether oxygens (including phenoxy) is 2. The summed E-state index contributed by atoms with van der Waals surface area (Å²) in [7, 11) is 3.11. The minimum Gasteiger partial charge on any atom is -0.497 e. The summed E-state index contributed by atoms with van der Waals surface area (Å²) in [5.74, 6) is 1.11. The molecule has 0 amide bonds. The van der Waals surface area contributed by atoms with E-state index in [4.69, 9.17) is 9.47 Å². The van der Waals surface area contributed by atoms with Crippen LogP contribution in [-0.2, 0) is 0 Å². The van der Waals surface area contributed by atoms with Crippen molar-refractivity contribution in [2.24, 2.45) is 0 Å². The van der Waals surface area contributed by atoms with Crippen LogP contribution in [0.1, 0.15) is 21.7 Å². The van der Waals surface area contributed by atoms with Crippen LogP contribution in [0, 0.1) is 6.92 Å². The predicted molar refractivity (Wildman–Crippen MR) is 68.5 cm³/mol. The minimum absolute atomic E-state index is 0.0831. The lowest BCUT2D eigenvalue weighted by Crippen LogP contribution is -2.03. The van der Waals surface area contributed by atoms with Crippen molar-refractivity contribution in [3.05, 3.63) is 47.3 Å². The average molecular weight is 245 g/mol. The van der Waals surface area contributed by atoms with Crippen molar-refractivity contribution in [3.8, 4) is 11.5 Å². The monoisotopic (exact) mass is 245 g/mol. The maximum atomic E-state index is 12.3. The van der Waals surface area contributed by atoms with Crippen LogP contribution in [0.15, 0.2) is 30.3 Å². The standard InChI is InChI=1S/C14H15NO3/c1-9-4-5-13(15-9)14(16)10-6-11(17-2)8-12(7-10)18-3/h4-8,15H,1-3H3. The van der Waals surface area contributed by atoms with Gasteiger partial charge in [-0.2, -0.15) is 0 Å². The number of ketones is 1. The van der Waals surface area contributed by atoms with Crippen LogP contribution < -0.4 is 9.47 Å². The van der Waals surface area contributed by atoms with Gasteiger partial charge in [0.25, 0.3) is 0 Å². The Morgan fingerprint density at radius 1 is 1.06 bits per heavy atom. The Bertz CT molecular complexity index is 550. The van der Waals surface area contributed by atoms with Gasteiger partial charge in [-0.1, -0.05) is 0 Å². The molecule has 2 rings (SSSR count). The summed E-state index contributed by atoms with van der Waals surface area (Å²) in [6, 6.07) is 8.76. The van der Waals surface area contributed by atoms with Crippen LogP contribution in [0.5, 0.6) is 11.5 Å². The quantitative estimate of drug-likeness (QED) is 0.842. The maximum Gasteiger partial charge on any atom is 0.209 e.